The minimum atomic E-state index is -0.377. The largest absolute Gasteiger partial charge is 0.296 e. The van der Waals surface area contributed by atoms with Gasteiger partial charge in [0.05, 0.1) is 17.6 Å². The number of rotatable bonds is 2. The summed E-state index contributed by atoms with van der Waals surface area (Å²) in [5.74, 6) is -0.911. The average Bonchev–Trinajstić information content (AvgIpc) is 2.87. The number of piperidine rings is 1. The SMILES string of the molecule is O=Cc1ccc(C2CCC(=O)NC2=O)c2ccnn12. The minimum Gasteiger partial charge on any atom is -0.296 e. The number of pyridine rings is 1. The van der Waals surface area contributed by atoms with E-state index in [2.05, 4.69) is 10.4 Å². The lowest BCUT2D eigenvalue weighted by Gasteiger charge is -2.21. The molecule has 1 atom stereocenters. The van der Waals surface area contributed by atoms with Crippen LogP contribution in [-0.4, -0.2) is 27.7 Å². The molecule has 2 aromatic heterocycles. The monoisotopic (exact) mass is 257 g/mol. The van der Waals surface area contributed by atoms with Crippen molar-refractivity contribution >= 4 is 23.6 Å². The van der Waals surface area contributed by atoms with Crippen LogP contribution in [0.5, 0.6) is 0 Å². The van der Waals surface area contributed by atoms with Crippen LogP contribution in [0.15, 0.2) is 24.4 Å². The summed E-state index contributed by atoms with van der Waals surface area (Å²) in [4.78, 5) is 34.0. The van der Waals surface area contributed by atoms with Gasteiger partial charge in [-0.2, -0.15) is 5.10 Å². The molecule has 0 spiro atoms. The van der Waals surface area contributed by atoms with E-state index in [1.165, 1.54) is 4.52 Å². The fourth-order valence-electron chi connectivity index (χ4n) is 2.43. The Morgan fingerprint density at radius 2 is 2.16 bits per heavy atom. The van der Waals surface area contributed by atoms with Gasteiger partial charge in [-0.25, -0.2) is 4.52 Å². The Labute approximate surface area is 108 Å². The van der Waals surface area contributed by atoms with Crippen LogP contribution in [0.25, 0.3) is 5.52 Å². The van der Waals surface area contributed by atoms with E-state index in [0.717, 1.165) is 11.1 Å². The van der Waals surface area contributed by atoms with Gasteiger partial charge in [0.2, 0.25) is 11.8 Å². The summed E-state index contributed by atoms with van der Waals surface area (Å²) < 4.78 is 1.51. The van der Waals surface area contributed by atoms with Crippen LogP contribution in [-0.2, 0) is 9.59 Å². The summed E-state index contributed by atoms with van der Waals surface area (Å²) in [6.07, 6.45) is 3.10. The van der Waals surface area contributed by atoms with Gasteiger partial charge in [0.1, 0.15) is 5.69 Å². The minimum absolute atomic E-state index is 0.240. The van der Waals surface area contributed by atoms with Crippen LogP contribution < -0.4 is 5.32 Å². The first kappa shape index (κ1) is 11.6. The van der Waals surface area contributed by atoms with Crippen molar-refractivity contribution in [1.29, 1.82) is 0 Å². The maximum absolute atomic E-state index is 11.9. The molecule has 6 nitrogen and oxygen atoms in total. The maximum Gasteiger partial charge on any atom is 0.234 e. The number of nitrogens with one attached hydrogen (secondary N) is 1. The summed E-state index contributed by atoms with van der Waals surface area (Å²) >= 11 is 0. The van der Waals surface area contributed by atoms with E-state index in [4.69, 9.17) is 0 Å². The van der Waals surface area contributed by atoms with Gasteiger partial charge in [-0.3, -0.25) is 19.7 Å². The van der Waals surface area contributed by atoms with Crippen molar-refractivity contribution in [2.45, 2.75) is 18.8 Å². The summed E-state index contributed by atoms with van der Waals surface area (Å²) in [7, 11) is 0. The summed E-state index contributed by atoms with van der Waals surface area (Å²) in [6.45, 7) is 0. The number of hydrogen-bond acceptors (Lipinski definition) is 4. The lowest BCUT2D eigenvalue weighted by atomic mass is 9.90. The van der Waals surface area contributed by atoms with E-state index >= 15 is 0 Å². The Hall–Kier alpha value is -2.50. The number of hydrogen-bond donors (Lipinski definition) is 1. The van der Waals surface area contributed by atoms with Crippen molar-refractivity contribution in [3.8, 4) is 0 Å². The summed E-state index contributed by atoms with van der Waals surface area (Å²) in [5.41, 5.74) is 1.93. The van der Waals surface area contributed by atoms with Crippen molar-refractivity contribution < 1.29 is 14.4 Å². The van der Waals surface area contributed by atoms with Gasteiger partial charge in [0, 0.05) is 6.42 Å². The Morgan fingerprint density at radius 1 is 1.32 bits per heavy atom. The van der Waals surface area contributed by atoms with Crippen molar-refractivity contribution in [3.63, 3.8) is 0 Å². The third kappa shape index (κ3) is 1.81. The third-order valence-electron chi connectivity index (χ3n) is 3.35. The first-order chi connectivity index (χ1) is 9.20. The van der Waals surface area contributed by atoms with Crippen LogP contribution in [0.2, 0.25) is 0 Å². The molecule has 0 saturated carbocycles. The van der Waals surface area contributed by atoms with E-state index < -0.39 is 0 Å². The second-order valence-electron chi connectivity index (χ2n) is 4.46. The van der Waals surface area contributed by atoms with Crippen molar-refractivity contribution in [2.75, 3.05) is 0 Å². The molecule has 0 radical (unpaired) electrons. The van der Waals surface area contributed by atoms with E-state index in [9.17, 15) is 14.4 Å². The van der Waals surface area contributed by atoms with Crippen LogP contribution >= 0.6 is 0 Å². The number of fused-ring (bicyclic) bond motifs is 1. The number of aromatic nitrogens is 2. The molecule has 6 heteroatoms. The number of nitrogens with zero attached hydrogens (tertiary/aromatic N) is 2. The number of aldehydes is 1. The van der Waals surface area contributed by atoms with Crippen LogP contribution in [0, 0.1) is 0 Å². The molecular formula is C13H11N3O3. The molecule has 0 aliphatic carbocycles. The molecule has 2 amide bonds. The molecule has 19 heavy (non-hydrogen) atoms. The van der Waals surface area contributed by atoms with E-state index in [1.807, 2.05) is 0 Å². The topological polar surface area (TPSA) is 80.5 Å². The van der Waals surface area contributed by atoms with Gasteiger partial charge in [0.25, 0.3) is 0 Å². The van der Waals surface area contributed by atoms with Gasteiger partial charge in [-0.15, -0.1) is 0 Å². The van der Waals surface area contributed by atoms with Gasteiger partial charge in [-0.1, -0.05) is 6.07 Å². The smallest absolute Gasteiger partial charge is 0.234 e. The van der Waals surface area contributed by atoms with E-state index in [1.54, 1.807) is 24.4 Å². The predicted molar refractivity (Wildman–Crippen MR) is 65.7 cm³/mol. The molecule has 1 fully saturated rings. The first-order valence-corrected chi connectivity index (χ1v) is 5.96. The number of imide groups is 1. The molecule has 3 heterocycles. The second kappa shape index (κ2) is 4.31. The fourth-order valence-corrected chi connectivity index (χ4v) is 2.43. The normalized spacial score (nSPS) is 19.5. The standard InChI is InChI=1S/C13H11N3O3/c17-7-8-1-2-9(11-5-6-14-16(8)11)10-3-4-12(18)15-13(10)19/h1-2,5-7,10H,3-4H2,(H,15,18,19). The molecule has 1 aliphatic rings. The Morgan fingerprint density at radius 3 is 2.89 bits per heavy atom. The molecule has 96 valence electrons. The van der Waals surface area contributed by atoms with Crippen molar-refractivity contribution in [2.24, 2.45) is 0 Å². The lowest BCUT2D eigenvalue weighted by Crippen LogP contribution is -2.39. The average molecular weight is 257 g/mol. The van der Waals surface area contributed by atoms with Gasteiger partial charge >= 0.3 is 0 Å². The lowest BCUT2D eigenvalue weighted by molar-refractivity contribution is -0.134. The van der Waals surface area contributed by atoms with E-state index in [0.29, 0.717) is 24.8 Å². The summed E-state index contributed by atoms with van der Waals surface area (Å²) in [6, 6.07) is 5.14. The molecule has 1 N–H and O–H groups in total. The second-order valence-corrected chi connectivity index (χ2v) is 4.46. The molecule has 1 saturated heterocycles. The zero-order chi connectivity index (χ0) is 13.4. The molecular weight excluding hydrogens is 246 g/mol. The fraction of sp³-hybridized carbons (Fsp3) is 0.231. The molecule has 1 aliphatic heterocycles. The molecule has 0 bridgehead atoms. The van der Waals surface area contributed by atoms with E-state index in [-0.39, 0.29) is 17.7 Å². The zero-order valence-corrected chi connectivity index (χ0v) is 10.00. The molecule has 1 unspecified atom stereocenters. The molecule has 3 rings (SSSR count). The highest BCUT2D eigenvalue weighted by Crippen LogP contribution is 2.28. The first-order valence-electron chi connectivity index (χ1n) is 5.96. The molecule has 0 aromatic carbocycles. The van der Waals surface area contributed by atoms with Crippen LogP contribution in [0.1, 0.15) is 34.8 Å². The van der Waals surface area contributed by atoms with Gasteiger partial charge in [-0.05, 0) is 24.1 Å². The van der Waals surface area contributed by atoms with Crippen molar-refractivity contribution in [3.05, 3.63) is 35.7 Å². The number of carbonyl (C=O) groups is 3. The Balaban J connectivity index is 2.11. The van der Waals surface area contributed by atoms with Crippen LogP contribution in [0.4, 0.5) is 0 Å². The highest BCUT2D eigenvalue weighted by molar-refractivity contribution is 6.01. The quantitative estimate of drug-likeness (QED) is 0.633. The van der Waals surface area contributed by atoms with Crippen LogP contribution in [0.3, 0.4) is 0 Å². The van der Waals surface area contributed by atoms with Crippen molar-refractivity contribution in [1.82, 2.24) is 14.9 Å². The number of carbonyl (C=O) groups excluding carboxylic acids is 3. The highest BCUT2D eigenvalue weighted by atomic mass is 16.2. The third-order valence-corrected chi connectivity index (χ3v) is 3.35. The zero-order valence-electron chi connectivity index (χ0n) is 10.00. The maximum atomic E-state index is 11.9. The predicted octanol–water partition coefficient (Wildman–Crippen LogP) is 0.667. The van der Waals surface area contributed by atoms with Gasteiger partial charge < -0.3 is 0 Å². The van der Waals surface area contributed by atoms with Gasteiger partial charge in [0.15, 0.2) is 6.29 Å². The number of amides is 2. The summed E-state index contributed by atoms with van der Waals surface area (Å²) in [5, 5.41) is 6.41. The Kier molecular flexibility index (Phi) is 2.63. The Bertz CT molecular complexity index is 689. The molecule has 2 aromatic rings. The highest BCUT2D eigenvalue weighted by Gasteiger charge is 2.29.